The topological polar surface area (TPSA) is 88.6 Å². The highest BCUT2D eigenvalue weighted by molar-refractivity contribution is 5.92. The van der Waals surface area contributed by atoms with Gasteiger partial charge in [0.15, 0.2) is 0 Å². The van der Waals surface area contributed by atoms with Crippen LogP contribution in [0.5, 0.6) is 0 Å². The molecule has 2 heterocycles. The van der Waals surface area contributed by atoms with Gasteiger partial charge in [-0.05, 0) is 24.5 Å². The Kier molecular flexibility index (Phi) is 4.36. The van der Waals surface area contributed by atoms with Crippen LogP contribution in [0.3, 0.4) is 0 Å². The summed E-state index contributed by atoms with van der Waals surface area (Å²) < 4.78 is 0. The van der Waals surface area contributed by atoms with E-state index < -0.39 is 0 Å². The number of hydrogen-bond acceptors (Lipinski definition) is 6. The predicted octanol–water partition coefficient (Wildman–Crippen LogP) is 1.83. The van der Waals surface area contributed by atoms with Crippen LogP contribution in [0.1, 0.15) is 18.9 Å². The summed E-state index contributed by atoms with van der Waals surface area (Å²) >= 11 is 0. The smallest absolute Gasteiger partial charge is 0.113 e. The van der Waals surface area contributed by atoms with Crippen molar-refractivity contribution in [1.29, 1.82) is 10.5 Å². The number of aromatic nitrogens is 2. The lowest BCUT2D eigenvalue weighted by molar-refractivity contribution is 0.360. The van der Waals surface area contributed by atoms with E-state index in [0.29, 0.717) is 23.5 Å². The van der Waals surface area contributed by atoms with Crippen molar-refractivity contribution >= 4 is 16.7 Å². The van der Waals surface area contributed by atoms with Gasteiger partial charge in [0, 0.05) is 31.5 Å². The number of nitriles is 2. The molecule has 0 bridgehead atoms. The van der Waals surface area contributed by atoms with E-state index in [1.54, 1.807) is 12.4 Å². The Morgan fingerprint density at radius 2 is 2.00 bits per heavy atom. The van der Waals surface area contributed by atoms with Gasteiger partial charge in [-0.2, -0.15) is 10.5 Å². The van der Waals surface area contributed by atoms with Crippen molar-refractivity contribution in [1.82, 2.24) is 15.3 Å². The van der Waals surface area contributed by atoms with E-state index in [1.165, 1.54) is 0 Å². The highest BCUT2D eigenvalue weighted by Gasteiger charge is 2.26. The maximum Gasteiger partial charge on any atom is 0.113 e. The molecule has 23 heavy (non-hydrogen) atoms. The third kappa shape index (κ3) is 3.08. The Morgan fingerprint density at radius 1 is 1.22 bits per heavy atom. The van der Waals surface area contributed by atoms with E-state index in [-0.39, 0.29) is 6.04 Å². The fourth-order valence-electron chi connectivity index (χ4n) is 3.27. The Labute approximate surface area is 135 Å². The number of nitrogens with zero attached hydrogens (tertiary/aromatic N) is 5. The van der Waals surface area contributed by atoms with Crippen LogP contribution < -0.4 is 10.2 Å². The average molecular weight is 306 g/mol. The second-order valence-corrected chi connectivity index (χ2v) is 5.98. The third-order valence-corrected chi connectivity index (χ3v) is 4.19. The zero-order valence-corrected chi connectivity index (χ0v) is 13.0. The maximum absolute atomic E-state index is 9.25. The lowest BCUT2D eigenvalue weighted by atomic mass is 9.95. The van der Waals surface area contributed by atoms with E-state index in [4.69, 9.17) is 5.26 Å². The van der Waals surface area contributed by atoms with Crippen LogP contribution in [0.25, 0.3) is 11.0 Å². The molecule has 1 aliphatic heterocycles. The van der Waals surface area contributed by atoms with Crippen LogP contribution in [0.2, 0.25) is 0 Å². The summed E-state index contributed by atoms with van der Waals surface area (Å²) in [6, 6.07) is 8.36. The minimum atomic E-state index is 0.278. The first-order valence-electron chi connectivity index (χ1n) is 7.72. The van der Waals surface area contributed by atoms with E-state index in [9.17, 15) is 5.26 Å². The summed E-state index contributed by atoms with van der Waals surface area (Å²) in [7, 11) is 0. The minimum absolute atomic E-state index is 0.278. The molecule has 1 fully saturated rings. The highest BCUT2D eigenvalue weighted by atomic mass is 15.2. The van der Waals surface area contributed by atoms with Crippen molar-refractivity contribution in [2.45, 2.75) is 19.4 Å². The Hall–Kier alpha value is -2.70. The van der Waals surface area contributed by atoms with E-state index >= 15 is 0 Å². The molecule has 2 atom stereocenters. The van der Waals surface area contributed by atoms with Gasteiger partial charge in [-0.25, -0.2) is 0 Å². The van der Waals surface area contributed by atoms with Crippen LogP contribution in [0.4, 0.5) is 5.69 Å². The van der Waals surface area contributed by atoms with Crippen LogP contribution in [-0.4, -0.2) is 35.6 Å². The normalized spacial score (nSPS) is 20.9. The van der Waals surface area contributed by atoms with Crippen molar-refractivity contribution in [3.63, 3.8) is 0 Å². The molecule has 2 aromatic rings. The first-order chi connectivity index (χ1) is 11.2. The van der Waals surface area contributed by atoms with Crippen molar-refractivity contribution in [2.75, 3.05) is 24.5 Å². The average Bonchev–Trinajstić information content (AvgIpc) is 2.58. The summed E-state index contributed by atoms with van der Waals surface area (Å²) in [5.74, 6) is 0.516. The van der Waals surface area contributed by atoms with Gasteiger partial charge in [0.25, 0.3) is 0 Å². The van der Waals surface area contributed by atoms with Crippen LogP contribution >= 0.6 is 0 Å². The summed E-state index contributed by atoms with van der Waals surface area (Å²) in [4.78, 5) is 11.1. The molecule has 0 unspecified atom stereocenters. The van der Waals surface area contributed by atoms with Gasteiger partial charge in [-0.15, -0.1) is 0 Å². The SMILES string of the molecule is C[C@H]1C[C@@H](NCC#N)CN(c2ccc(C#N)c3nccnc23)C1. The van der Waals surface area contributed by atoms with Crippen molar-refractivity contribution in [2.24, 2.45) is 5.92 Å². The molecule has 0 spiro atoms. The molecule has 1 saturated heterocycles. The molecule has 1 aromatic heterocycles. The molecule has 0 amide bonds. The van der Waals surface area contributed by atoms with Crippen molar-refractivity contribution in [3.8, 4) is 12.1 Å². The quantitative estimate of drug-likeness (QED) is 0.870. The molecular weight excluding hydrogens is 288 g/mol. The van der Waals surface area contributed by atoms with Gasteiger partial charge >= 0.3 is 0 Å². The number of benzene rings is 1. The predicted molar refractivity (Wildman–Crippen MR) is 87.7 cm³/mol. The number of anilines is 1. The molecule has 0 radical (unpaired) electrons. The summed E-state index contributed by atoms with van der Waals surface area (Å²) in [5.41, 5.74) is 2.95. The summed E-state index contributed by atoms with van der Waals surface area (Å²) in [6.07, 6.45) is 4.33. The maximum atomic E-state index is 9.25. The molecule has 1 aromatic carbocycles. The summed E-state index contributed by atoms with van der Waals surface area (Å²) in [5, 5.41) is 21.3. The zero-order valence-electron chi connectivity index (χ0n) is 13.0. The van der Waals surface area contributed by atoms with E-state index in [0.717, 1.165) is 30.7 Å². The van der Waals surface area contributed by atoms with Gasteiger partial charge in [0.2, 0.25) is 0 Å². The standard InChI is InChI=1S/C17H18N6/c1-12-8-14(20-5-4-18)11-23(10-12)15-3-2-13(9-19)16-17(15)22-7-6-21-16/h2-3,6-7,12,14,20H,5,8,10-11H2,1H3/t12-,14+/m0/s1. The largest absolute Gasteiger partial charge is 0.368 e. The first kappa shape index (κ1) is 15.2. The number of fused-ring (bicyclic) bond motifs is 1. The summed E-state index contributed by atoms with van der Waals surface area (Å²) in [6.45, 7) is 4.33. The zero-order chi connectivity index (χ0) is 16.2. The number of nitrogens with one attached hydrogen (secondary N) is 1. The van der Waals surface area contributed by atoms with E-state index in [1.807, 2.05) is 12.1 Å². The second kappa shape index (κ2) is 6.60. The molecular formula is C17H18N6. The molecule has 3 rings (SSSR count). The Morgan fingerprint density at radius 3 is 2.74 bits per heavy atom. The second-order valence-electron chi connectivity index (χ2n) is 5.98. The van der Waals surface area contributed by atoms with Gasteiger partial charge in [0.1, 0.15) is 17.1 Å². The third-order valence-electron chi connectivity index (χ3n) is 4.19. The van der Waals surface area contributed by atoms with Crippen molar-refractivity contribution < 1.29 is 0 Å². The number of hydrogen-bond donors (Lipinski definition) is 1. The fourth-order valence-corrected chi connectivity index (χ4v) is 3.27. The highest BCUT2D eigenvalue weighted by Crippen LogP contribution is 2.29. The molecule has 6 nitrogen and oxygen atoms in total. The van der Waals surface area contributed by atoms with Gasteiger partial charge < -0.3 is 4.90 Å². The fraction of sp³-hybridized carbons (Fsp3) is 0.412. The number of piperidine rings is 1. The molecule has 0 aliphatic carbocycles. The van der Waals surface area contributed by atoms with Crippen molar-refractivity contribution in [3.05, 3.63) is 30.1 Å². The molecule has 116 valence electrons. The van der Waals surface area contributed by atoms with E-state index in [2.05, 4.69) is 39.2 Å². The first-order valence-corrected chi connectivity index (χ1v) is 7.72. The Balaban J connectivity index is 1.96. The van der Waals surface area contributed by atoms with Gasteiger partial charge in [0.05, 0.1) is 23.9 Å². The minimum Gasteiger partial charge on any atom is -0.368 e. The Bertz CT molecular complexity index is 788. The monoisotopic (exact) mass is 306 g/mol. The molecule has 1 N–H and O–H groups in total. The van der Waals surface area contributed by atoms with Gasteiger partial charge in [-0.1, -0.05) is 6.92 Å². The van der Waals surface area contributed by atoms with Gasteiger partial charge in [-0.3, -0.25) is 15.3 Å². The molecule has 6 heteroatoms. The van der Waals surface area contributed by atoms with Crippen LogP contribution in [0.15, 0.2) is 24.5 Å². The van der Waals surface area contributed by atoms with Crippen LogP contribution in [0, 0.1) is 28.6 Å². The lowest BCUT2D eigenvalue weighted by Crippen LogP contribution is -2.49. The number of rotatable bonds is 3. The lowest BCUT2D eigenvalue weighted by Gasteiger charge is -2.38. The molecule has 0 saturated carbocycles. The van der Waals surface area contributed by atoms with Crippen LogP contribution in [-0.2, 0) is 0 Å². The molecule has 1 aliphatic rings.